The number of amides is 1. The largest absolute Gasteiger partial charge is 0.325 e. The summed E-state index contributed by atoms with van der Waals surface area (Å²) in [5.41, 5.74) is 6.47. The molecular weight excluding hydrogens is 323 g/mol. The molecule has 19 heavy (non-hydrogen) atoms. The molecule has 0 radical (unpaired) electrons. The van der Waals surface area contributed by atoms with Gasteiger partial charge in [0.1, 0.15) is 0 Å². The number of carbonyl (C=O) groups excluding carboxylic acids is 1. The van der Waals surface area contributed by atoms with Crippen molar-refractivity contribution in [2.75, 3.05) is 23.6 Å². The van der Waals surface area contributed by atoms with E-state index < -0.39 is 6.04 Å². The van der Waals surface area contributed by atoms with Crippen LogP contribution in [-0.4, -0.2) is 30.2 Å². The van der Waals surface area contributed by atoms with E-state index in [0.717, 1.165) is 10.6 Å². The highest BCUT2D eigenvalue weighted by Gasteiger charge is 2.13. The Morgan fingerprint density at radius 1 is 1.47 bits per heavy atom. The van der Waals surface area contributed by atoms with Gasteiger partial charge in [0.25, 0.3) is 0 Å². The first-order valence-corrected chi connectivity index (χ1v) is 8.47. The molecular formula is C12H18Cl2N2OS2. The van der Waals surface area contributed by atoms with E-state index in [1.165, 1.54) is 0 Å². The van der Waals surface area contributed by atoms with Gasteiger partial charge in [0, 0.05) is 10.6 Å². The van der Waals surface area contributed by atoms with Crippen LogP contribution in [0.15, 0.2) is 23.1 Å². The Kier molecular flexibility index (Phi) is 9.74. The standard InChI is InChI=1S/C12H17ClN2OS2.ClH/c1-17-6-5-10(14)12(16)15-8-3-4-11(18-2)9(13)7-8;/h3-4,7,10H,5-6,14H2,1-2H3,(H,15,16);1H/t10-;/m0./s1. The van der Waals surface area contributed by atoms with E-state index in [9.17, 15) is 4.79 Å². The van der Waals surface area contributed by atoms with Crippen LogP contribution in [-0.2, 0) is 4.79 Å². The summed E-state index contributed by atoms with van der Waals surface area (Å²) in [6, 6.07) is 4.98. The summed E-state index contributed by atoms with van der Waals surface area (Å²) in [7, 11) is 0. The maximum atomic E-state index is 11.8. The third-order valence-corrected chi connectivity index (χ3v) is 4.25. The fourth-order valence-electron chi connectivity index (χ4n) is 1.36. The molecule has 0 fully saturated rings. The van der Waals surface area contributed by atoms with Crippen LogP contribution in [0.1, 0.15) is 6.42 Å². The number of thioether (sulfide) groups is 2. The van der Waals surface area contributed by atoms with Crippen LogP contribution in [0.25, 0.3) is 0 Å². The van der Waals surface area contributed by atoms with Gasteiger partial charge >= 0.3 is 0 Å². The Hall–Kier alpha value is -0.0700. The zero-order valence-corrected chi connectivity index (χ0v) is 14.0. The van der Waals surface area contributed by atoms with Crippen molar-refractivity contribution in [3.63, 3.8) is 0 Å². The number of hydrogen-bond acceptors (Lipinski definition) is 4. The van der Waals surface area contributed by atoms with Gasteiger partial charge in [-0.15, -0.1) is 24.2 Å². The summed E-state index contributed by atoms with van der Waals surface area (Å²) in [4.78, 5) is 12.8. The minimum Gasteiger partial charge on any atom is -0.325 e. The van der Waals surface area contributed by atoms with E-state index in [0.29, 0.717) is 17.1 Å². The molecule has 0 saturated carbocycles. The van der Waals surface area contributed by atoms with Crippen molar-refractivity contribution in [1.29, 1.82) is 0 Å². The molecule has 1 aromatic carbocycles. The molecule has 1 rings (SSSR count). The van der Waals surface area contributed by atoms with E-state index in [2.05, 4.69) is 5.32 Å². The molecule has 0 aliphatic carbocycles. The molecule has 0 saturated heterocycles. The third-order valence-electron chi connectivity index (χ3n) is 2.39. The summed E-state index contributed by atoms with van der Waals surface area (Å²) < 4.78 is 0. The molecule has 1 aromatic rings. The van der Waals surface area contributed by atoms with Gasteiger partial charge in [-0.3, -0.25) is 4.79 Å². The van der Waals surface area contributed by atoms with Crippen LogP contribution in [0, 0.1) is 0 Å². The Balaban J connectivity index is 0.00000324. The number of rotatable bonds is 6. The smallest absolute Gasteiger partial charge is 0.241 e. The van der Waals surface area contributed by atoms with E-state index in [4.69, 9.17) is 17.3 Å². The van der Waals surface area contributed by atoms with Crippen LogP contribution in [0.4, 0.5) is 5.69 Å². The van der Waals surface area contributed by atoms with E-state index in [-0.39, 0.29) is 18.3 Å². The molecule has 0 aromatic heterocycles. The number of nitrogens with two attached hydrogens (primary N) is 1. The van der Waals surface area contributed by atoms with Gasteiger partial charge in [-0.2, -0.15) is 11.8 Å². The van der Waals surface area contributed by atoms with Gasteiger partial charge in [0.2, 0.25) is 5.91 Å². The van der Waals surface area contributed by atoms with Gasteiger partial charge in [0.05, 0.1) is 11.1 Å². The maximum absolute atomic E-state index is 11.8. The topological polar surface area (TPSA) is 55.1 Å². The van der Waals surface area contributed by atoms with Gasteiger partial charge in [-0.25, -0.2) is 0 Å². The summed E-state index contributed by atoms with van der Waals surface area (Å²) in [6.45, 7) is 0. The van der Waals surface area contributed by atoms with Crippen molar-refractivity contribution < 1.29 is 4.79 Å². The fraction of sp³-hybridized carbons (Fsp3) is 0.417. The number of halogens is 2. The van der Waals surface area contributed by atoms with Crippen LogP contribution < -0.4 is 11.1 Å². The van der Waals surface area contributed by atoms with Gasteiger partial charge in [-0.1, -0.05) is 11.6 Å². The molecule has 108 valence electrons. The van der Waals surface area contributed by atoms with E-state index in [1.54, 1.807) is 29.6 Å². The minimum absolute atomic E-state index is 0. The molecule has 1 atom stereocenters. The van der Waals surface area contributed by atoms with Crippen LogP contribution >= 0.6 is 47.5 Å². The molecule has 3 N–H and O–H groups in total. The number of benzene rings is 1. The van der Waals surface area contributed by atoms with Crippen molar-refractivity contribution in [1.82, 2.24) is 0 Å². The maximum Gasteiger partial charge on any atom is 0.241 e. The lowest BCUT2D eigenvalue weighted by atomic mass is 10.2. The highest BCUT2D eigenvalue weighted by molar-refractivity contribution is 7.98. The predicted octanol–water partition coefficient (Wildman–Crippen LogP) is 3.50. The number of nitrogens with one attached hydrogen (secondary N) is 1. The third kappa shape index (κ3) is 6.27. The molecule has 0 unspecified atom stereocenters. The fourth-order valence-corrected chi connectivity index (χ4v) is 2.71. The number of hydrogen-bond donors (Lipinski definition) is 2. The molecule has 0 heterocycles. The molecule has 0 aliphatic heterocycles. The zero-order valence-electron chi connectivity index (χ0n) is 10.8. The molecule has 0 aliphatic rings. The highest BCUT2D eigenvalue weighted by atomic mass is 35.5. The van der Waals surface area contributed by atoms with Crippen molar-refractivity contribution in [3.8, 4) is 0 Å². The zero-order chi connectivity index (χ0) is 13.5. The Morgan fingerprint density at radius 2 is 2.16 bits per heavy atom. The first kappa shape index (κ1) is 18.9. The second-order valence-electron chi connectivity index (χ2n) is 3.73. The predicted molar refractivity (Wildman–Crippen MR) is 90.1 cm³/mol. The van der Waals surface area contributed by atoms with Gasteiger partial charge < -0.3 is 11.1 Å². The molecule has 0 spiro atoms. The lowest BCUT2D eigenvalue weighted by Gasteiger charge is -2.12. The van der Waals surface area contributed by atoms with Crippen LogP contribution in [0.5, 0.6) is 0 Å². The summed E-state index contributed by atoms with van der Waals surface area (Å²) in [6.07, 6.45) is 4.62. The molecule has 0 bridgehead atoms. The average Bonchev–Trinajstić information content (AvgIpc) is 2.36. The normalized spacial score (nSPS) is 11.6. The lowest BCUT2D eigenvalue weighted by molar-refractivity contribution is -0.117. The summed E-state index contributed by atoms with van der Waals surface area (Å²) >= 11 is 9.31. The van der Waals surface area contributed by atoms with Gasteiger partial charge in [-0.05, 0) is 42.9 Å². The number of anilines is 1. The Labute approximate surface area is 133 Å². The monoisotopic (exact) mass is 340 g/mol. The first-order valence-electron chi connectivity index (χ1n) is 5.47. The van der Waals surface area contributed by atoms with Crippen molar-refractivity contribution in [3.05, 3.63) is 23.2 Å². The van der Waals surface area contributed by atoms with E-state index >= 15 is 0 Å². The molecule has 1 amide bonds. The summed E-state index contributed by atoms with van der Waals surface area (Å²) in [5.74, 6) is 0.706. The second-order valence-corrected chi connectivity index (χ2v) is 5.97. The average molecular weight is 341 g/mol. The van der Waals surface area contributed by atoms with Crippen molar-refractivity contribution in [2.45, 2.75) is 17.4 Å². The SMILES string of the molecule is CSCC[C@H](N)C(=O)Nc1ccc(SC)c(Cl)c1.Cl. The molecule has 7 heteroatoms. The quantitative estimate of drug-likeness (QED) is 0.778. The van der Waals surface area contributed by atoms with Crippen LogP contribution in [0.2, 0.25) is 5.02 Å². The Morgan fingerprint density at radius 3 is 2.68 bits per heavy atom. The van der Waals surface area contributed by atoms with Crippen LogP contribution in [0.3, 0.4) is 0 Å². The second kappa shape index (κ2) is 9.77. The van der Waals surface area contributed by atoms with Crippen molar-refractivity contribution in [2.24, 2.45) is 5.73 Å². The Bertz CT molecular complexity index is 419. The van der Waals surface area contributed by atoms with Crippen molar-refractivity contribution >= 4 is 59.1 Å². The summed E-state index contributed by atoms with van der Waals surface area (Å²) in [5, 5.41) is 3.41. The number of carbonyl (C=O) groups is 1. The highest BCUT2D eigenvalue weighted by Crippen LogP contribution is 2.27. The van der Waals surface area contributed by atoms with Gasteiger partial charge in [0.15, 0.2) is 0 Å². The minimum atomic E-state index is -0.476. The molecule has 3 nitrogen and oxygen atoms in total. The van der Waals surface area contributed by atoms with E-state index in [1.807, 2.05) is 24.6 Å². The lowest BCUT2D eigenvalue weighted by Crippen LogP contribution is -2.36. The first-order chi connectivity index (χ1) is 8.58.